The van der Waals surface area contributed by atoms with Crippen molar-refractivity contribution in [2.45, 2.75) is 19.6 Å². The van der Waals surface area contributed by atoms with E-state index in [1.807, 2.05) is 6.20 Å². The predicted molar refractivity (Wildman–Crippen MR) is 118 cm³/mol. The first kappa shape index (κ1) is 19.4. The van der Waals surface area contributed by atoms with Gasteiger partial charge < -0.3 is 5.32 Å². The number of hydrogen-bond donors (Lipinski definition) is 1. The Morgan fingerprint density at radius 1 is 0.857 bits per heavy atom. The fourth-order valence-electron chi connectivity index (χ4n) is 3.49. The molecule has 0 aliphatic carbocycles. The Bertz CT molecular complexity index is 858. The van der Waals surface area contributed by atoms with Gasteiger partial charge >= 0.3 is 0 Å². The Labute approximate surface area is 175 Å². The van der Waals surface area contributed by atoms with Crippen LogP contribution in [0.5, 0.6) is 0 Å². The zero-order valence-corrected chi connectivity index (χ0v) is 17.4. The molecule has 6 heteroatoms. The fourth-order valence-corrected chi connectivity index (χ4v) is 4.41. The topological polar surface area (TPSA) is 31.4 Å². The summed E-state index contributed by atoms with van der Waals surface area (Å²) in [5, 5.41) is 3.43. The van der Waals surface area contributed by atoms with E-state index in [2.05, 4.69) is 74.7 Å². The third-order valence-corrected chi connectivity index (χ3v) is 6.18. The van der Waals surface area contributed by atoms with Crippen molar-refractivity contribution in [2.24, 2.45) is 0 Å². The molecule has 0 unspecified atom stereocenters. The number of thiazole rings is 1. The molecular weight excluding hydrogens is 388 g/mol. The van der Waals surface area contributed by atoms with Crippen LogP contribution < -0.4 is 5.32 Å². The van der Waals surface area contributed by atoms with Crippen LogP contribution in [0.4, 0.5) is 5.69 Å². The number of hydrogen-bond acceptors (Lipinski definition) is 5. The summed E-state index contributed by atoms with van der Waals surface area (Å²) in [6.45, 7) is 7.34. The average molecular weight is 413 g/mol. The van der Waals surface area contributed by atoms with Crippen LogP contribution in [0.15, 0.2) is 60.8 Å². The number of nitrogens with zero attached hydrogens (tertiary/aromatic N) is 3. The summed E-state index contributed by atoms with van der Waals surface area (Å²) in [6, 6.07) is 19.5. The smallest absolute Gasteiger partial charge is 0.183 e. The van der Waals surface area contributed by atoms with Crippen LogP contribution in [0.25, 0.3) is 0 Å². The highest BCUT2D eigenvalue weighted by Crippen LogP contribution is 2.20. The van der Waals surface area contributed by atoms with Crippen molar-refractivity contribution in [3.8, 4) is 0 Å². The van der Waals surface area contributed by atoms with Gasteiger partial charge in [0.05, 0.1) is 6.54 Å². The largest absolute Gasteiger partial charge is 0.380 e. The number of benzene rings is 2. The molecule has 3 aromatic rings. The first-order valence-electron chi connectivity index (χ1n) is 9.66. The van der Waals surface area contributed by atoms with E-state index < -0.39 is 0 Å². The van der Waals surface area contributed by atoms with Crippen LogP contribution in [0.1, 0.15) is 16.0 Å². The second kappa shape index (κ2) is 9.52. The molecule has 2 heterocycles. The predicted octanol–water partition coefficient (Wildman–Crippen LogP) is 4.73. The molecule has 0 bridgehead atoms. The molecule has 4 rings (SSSR count). The Hall–Kier alpha value is -1.92. The van der Waals surface area contributed by atoms with Gasteiger partial charge in [0, 0.05) is 56.0 Å². The molecule has 0 amide bonds. The van der Waals surface area contributed by atoms with E-state index in [1.54, 1.807) is 0 Å². The van der Waals surface area contributed by atoms with Gasteiger partial charge in [-0.25, -0.2) is 4.98 Å². The number of aromatic nitrogens is 1. The van der Waals surface area contributed by atoms with Gasteiger partial charge in [-0.1, -0.05) is 54.1 Å². The highest BCUT2D eigenvalue weighted by atomic mass is 35.5. The molecule has 0 spiro atoms. The molecule has 0 atom stereocenters. The maximum absolute atomic E-state index is 5.88. The molecule has 1 saturated heterocycles. The van der Waals surface area contributed by atoms with Gasteiger partial charge in [-0.2, -0.15) is 0 Å². The molecule has 146 valence electrons. The molecule has 1 aliphatic rings. The van der Waals surface area contributed by atoms with Crippen LogP contribution >= 0.6 is 22.9 Å². The van der Waals surface area contributed by atoms with Crippen molar-refractivity contribution in [1.82, 2.24) is 14.8 Å². The lowest BCUT2D eigenvalue weighted by Crippen LogP contribution is -2.45. The number of rotatable bonds is 7. The normalized spacial score (nSPS) is 15.6. The maximum atomic E-state index is 5.88. The first-order valence-corrected chi connectivity index (χ1v) is 10.9. The molecule has 2 aromatic carbocycles. The Balaban J connectivity index is 1.21. The summed E-state index contributed by atoms with van der Waals surface area (Å²) in [5.41, 5.74) is 3.89. The highest BCUT2D eigenvalue weighted by molar-refractivity contribution is 7.15. The minimum absolute atomic E-state index is 0.594. The lowest BCUT2D eigenvalue weighted by Gasteiger charge is -2.34. The summed E-state index contributed by atoms with van der Waals surface area (Å²) in [5.74, 6) is 0. The van der Waals surface area contributed by atoms with Gasteiger partial charge in [0.25, 0.3) is 0 Å². The summed E-state index contributed by atoms with van der Waals surface area (Å²) < 4.78 is 0.594. The van der Waals surface area contributed by atoms with Crippen molar-refractivity contribution in [3.05, 3.63) is 81.3 Å². The van der Waals surface area contributed by atoms with Gasteiger partial charge in [0.2, 0.25) is 0 Å². The van der Waals surface area contributed by atoms with E-state index in [4.69, 9.17) is 11.6 Å². The fraction of sp³-hybridized carbons (Fsp3) is 0.318. The molecule has 0 saturated carbocycles. The summed E-state index contributed by atoms with van der Waals surface area (Å²) in [7, 11) is 0. The van der Waals surface area contributed by atoms with Crippen molar-refractivity contribution in [2.75, 3.05) is 31.5 Å². The number of piperazine rings is 1. The molecule has 1 aromatic heterocycles. The van der Waals surface area contributed by atoms with Crippen LogP contribution in [0.3, 0.4) is 0 Å². The van der Waals surface area contributed by atoms with Crippen molar-refractivity contribution in [1.29, 1.82) is 0 Å². The molecular formula is C22H25ClN4S. The molecule has 28 heavy (non-hydrogen) atoms. The molecule has 1 fully saturated rings. The van der Waals surface area contributed by atoms with Gasteiger partial charge in [-0.05, 0) is 23.3 Å². The maximum Gasteiger partial charge on any atom is 0.183 e. The lowest BCUT2D eigenvalue weighted by atomic mass is 10.1. The summed E-state index contributed by atoms with van der Waals surface area (Å²) >= 11 is 7.39. The average Bonchev–Trinajstić information content (AvgIpc) is 3.15. The van der Waals surface area contributed by atoms with E-state index in [0.717, 1.165) is 56.4 Å². The van der Waals surface area contributed by atoms with Crippen LogP contribution in [-0.2, 0) is 19.6 Å². The SMILES string of the molecule is Clc1ncc(CNc2ccc(CN3CCN(Cc4ccccc4)CC3)cc2)s1. The van der Waals surface area contributed by atoms with E-state index in [1.165, 1.54) is 22.5 Å². The van der Waals surface area contributed by atoms with E-state index >= 15 is 0 Å². The second-order valence-corrected chi connectivity index (χ2v) is 8.87. The summed E-state index contributed by atoms with van der Waals surface area (Å²) in [6.07, 6.45) is 1.83. The molecule has 1 N–H and O–H groups in total. The van der Waals surface area contributed by atoms with Gasteiger partial charge in [-0.3, -0.25) is 9.80 Å². The van der Waals surface area contributed by atoms with Crippen molar-refractivity contribution >= 4 is 28.6 Å². The van der Waals surface area contributed by atoms with E-state index in [9.17, 15) is 0 Å². The quantitative estimate of drug-likeness (QED) is 0.608. The molecule has 4 nitrogen and oxygen atoms in total. The monoisotopic (exact) mass is 412 g/mol. The van der Waals surface area contributed by atoms with Crippen molar-refractivity contribution in [3.63, 3.8) is 0 Å². The van der Waals surface area contributed by atoms with Crippen LogP contribution in [0, 0.1) is 0 Å². The Morgan fingerprint density at radius 2 is 1.46 bits per heavy atom. The third kappa shape index (κ3) is 5.55. The first-order chi connectivity index (χ1) is 13.7. The minimum Gasteiger partial charge on any atom is -0.380 e. The third-order valence-electron chi connectivity index (χ3n) is 5.07. The standard InChI is InChI=1S/C22H25ClN4S/c23-22-25-15-21(28-22)14-24-20-8-6-19(7-9-20)17-27-12-10-26(11-13-27)16-18-4-2-1-3-5-18/h1-9,15,24H,10-14,16-17H2. The van der Waals surface area contributed by atoms with Gasteiger partial charge in [0.1, 0.15) is 0 Å². The van der Waals surface area contributed by atoms with Crippen molar-refractivity contribution < 1.29 is 0 Å². The van der Waals surface area contributed by atoms with Crippen LogP contribution in [0.2, 0.25) is 4.47 Å². The molecule has 1 aliphatic heterocycles. The number of nitrogens with one attached hydrogen (secondary N) is 1. The Morgan fingerprint density at radius 3 is 2.04 bits per heavy atom. The molecule has 0 radical (unpaired) electrons. The van der Waals surface area contributed by atoms with E-state index in [0.29, 0.717) is 4.47 Å². The summed E-state index contributed by atoms with van der Waals surface area (Å²) in [4.78, 5) is 10.3. The van der Waals surface area contributed by atoms with E-state index in [-0.39, 0.29) is 0 Å². The second-order valence-electron chi connectivity index (χ2n) is 7.17. The Kier molecular flexibility index (Phi) is 6.60. The number of halogens is 1. The lowest BCUT2D eigenvalue weighted by molar-refractivity contribution is 0.122. The van der Waals surface area contributed by atoms with Crippen LogP contribution in [-0.4, -0.2) is 41.0 Å². The zero-order chi connectivity index (χ0) is 19.2. The minimum atomic E-state index is 0.594. The number of anilines is 1. The van der Waals surface area contributed by atoms with Gasteiger partial charge in [-0.15, -0.1) is 11.3 Å². The highest BCUT2D eigenvalue weighted by Gasteiger charge is 2.17. The van der Waals surface area contributed by atoms with Gasteiger partial charge in [0.15, 0.2) is 4.47 Å². The zero-order valence-electron chi connectivity index (χ0n) is 15.9.